The van der Waals surface area contributed by atoms with Gasteiger partial charge in [-0.1, -0.05) is 45.0 Å². The molecule has 1 amide bonds. The average Bonchev–Trinajstić information content (AvgIpc) is 2.44. The lowest BCUT2D eigenvalue weighted by Gasteiger charge is -2.19. The quantitative estimate of drug-likeness (QED) is 0.820. The third-order valence-corrected chi connectivity index (χ3v) is 3.34. The summed E-state index contributed by atoms with van der Waals surface area (Å²) in [5, 5.41) is 2.71. The van der Waals surface area contributed by atoms with E-state index in [1.54, 1.807) is 0 Å². The molecule has 0 heterocycles. The fourth-order valence-corrected chi connectivity index (χ4v) is 1.92. The SMILES string of the molecule is COC(=O)CCNC(=O)CCc1ccc(C(C)(C)C)cc1. The lowest BCUT2D eigenvalue weighted by Crippen LogP contribution is -2.26. The van der Waals surface area contributed by atoms with Gasteiger partial charge in [0.25, 0.3) is 0 Å². The number of methoxy groups -OCH3 is 1. The molecule has 0 bridgehead atoms. The molecule has 1 N–H and O–H groups in total. The number of amides is 1. The molecule has 4 heteroatoms. The Balaban J connectivity index is 2.35. The van der Waals surface area contributed by atoms with Gasteiger partial charge in [0.15, 0.2) is 0 Å². The molecule has 0 spiro atoms. The summed E-state index contributed by atoms with van der Waals surface area (Å²) >= 11 is 0. The first-order valence-corrected chi connectivity index (χ1v) is 7.26. The number of hydrogen-bond acceptors (Lipinski definition) is 3. The smallest absolute Gasteiger partial charge is 0.307 e. The summed E-state index contributed by atoms with van der Waals surface area (Å²) in [7, 11) is 1.34. The zero-order chi connectivity index (χ0) is 15.9. The minimum atomic E-state index is -0.312. The summed E-state index contributed by atoms with van der Waals surface area (Å²) in [6.45, 7) is 6.86. The molecule has 0 unspecified atom stereocenters. The molecule has 0 aliphatic carbocycles. The van der Waals surface area contributed by atoms with Gasteiger partial charge in [0.2, 0.25) is 5.91 Å². The number of benzene rings is 1. The standard InChI is InChI=1S/C17H25NO3/c1-17(2,3)14-8-5-13(6-9-14)7-10-15(19)18-12-11-16(20)21-4/h5-6,8-9H,7,10-12H2,1-4H3,(H,18,19). The summed E-state index contributed by atoms with van der Waals surface area (Å²) in [5.41, 5.74) is 2.57. The molecule has 21 heavy (non-hydrogen) atoms. The van der Waals surface area contributed by atoms with E-state index < -0.39 is 0 Å². The van der Waals surface area contributed by atoms with E-state index in [0.717, 1.165) is 5.56 Å². The molecule has 0 aliphatic rings. The molecule has 0 saturated carbocycles. The number of hydrogen-bond donors (Lipinski definition) is 1. The van der Waals surface area contributed by atoms with Gasteiger partial charge in [-0.3, -0.25) is 9.59 Å². The van der Waals surface area contributed by atoms with Crippen LogP contribution < -0.4 is 5.32 Å². The van der Waals surface area contributed by atoms with Crippen LogP contribution in [0.2, 0.25) is 0 Å². The van der Waals surface area contributed by atoms with Crippen LogP contribution in [0.25, 0.3) is 0 Å². The lowest BCUT2D eigenvalue weighted by molar-refractivity contribution is -0.140. The number of nitrogens with one attached hydrogen (secondary N) is 1. The summed E-state index contributed by atoms with van der Waals surface area (Å²) in [4.78, 5) is 22.6. The second-order valence-corrected chi connectivity index (χ2v) is 6.12. The molecule has 1 aromatic carbocycles. The Morgan fingerprint density at radius 3 is 2.24 bits per heavy atom. The van der Waals surface area contributed by atoms with Crippen LogP contribution in [0.4, 0.5) is 0 Å². The van der Waals surface area contributed by atoms with Crippen LogP contribution in [0.1, 0.15) is 44.7 Å². The maximum Gasteiger partial charge on any atom is 0.307 e. The second-order valence-electron chi connectivity index (χ2n) is 6.12. The van der Waals surface area contributed by atoms with Gasteiger partial charge in [-0.25, -0.2) is 0 Å². The Labute approximate surface area is 126 Å². The van der Waals surface area contributed by atoms with Crippen molar-refractivity contribution in [2.24, 2.45) is 0 Å². The highest BCUT2D eigenvalue weighted by molar-refractivity contribution is 5.77. The molecule has 0 aromatic heterocycles. The predicted molar refractivity (Wildman–Crippen MR) is 83.1 cm³/mol. The van der Waals surface area contributed by atoms with Gasteiger partial charge in [0, 0.05) is 13.0 Å². The highest BCUT2D eigenvalue weighted by Crippen LogP contribution is 2.22. The Bertz CT molecular complexity index is 472. The minimum absolute atomic E-state index is 0.0428. The van der Waals surface area contributed by atoms with Gasteiger partial charge in [0.05, 0.1) is 13.5 Å². The number of aryl methyl sites for hydroxylation is 1. The average molecular weight is 291 g/mol. The van der Waals surface area contributed by atoms with E-state index in [1.807, 2.05) is 0 Å². The normalized spacial score (nSPS) is 11.0. The van der Waals surface area contributed by atoms with Crippen LogP contribution in [0.5, 0.6) is 0 Å². The number of ether oxygens (including phenoxy) is 1. The molecule has 0 saturated heterocycles. The summed E-state index contributed by atoms with van der Waals surface area (Å²) < 4.78 is 4.51. The van der Waals surface area contributed by atoms with Crippen molar-refractivity contribution in [1.29, 1.82) is 0 Å². The lowest BCUT2D eigenvalue weighted by atomic mass is 9.86. The molecule has 1 aromatic rings. The summed E-state index contributed by atoms with van der Waals surface area (Å²) in [6, 6.07) is 8.37. The zero-order valence-corrected chi connectivity index (χ0v) is 13.4. The van der Waals surface area contributed by atoms with Crippen molar-refractivity contribution in [3.8, 4) is 0 Å². The molecule has 1 rings (SSSR count). The Kier molecular flexibility index (Phi) is 6.40. The zero-order valence-electron chi connectivity index (χ0n) is 13.4. The molecule has 4 nitrogen and oxygen atoms in total. The monoisotopic (exact) mass is 291 g/mol. The van der Waals surface area contributed by atoms with E-state index in [-0.39, 0.29) is 23.7 Å². The van der Waals surface area contributed by atoms with Gasteiger partial charge in [0.1, 0.15) is 0 Å². The van der Waals surface area contributed by atoms with Crippen molar-refractivity contribution in [3.63, 3.8) is 0 Å². The molecule has 0 atom stereocenters. The van der Waals surface area contributed by atoms with Crippen LogP contribution in [0.15, 0.2) is 24.3 Å². The van der Waals surface area contributed by atoms with Crippen molar-refractivity contribution < 1.29 is 14.3 Å². The van der Waals surface area contributed by atoms with Crippen molar-refractivity contribution in [1.82, 2.24) is 5.32 Å². The number of carbonyl (C=O) groups is 2. The van der Waals surface area contributed by atoms with Gasteiger partial charge < -0.3 is 10.1 Å². The van der Waals surface area contributed by atoms with Crippen LogP contribution in [0.3, 0.4) is 0 Å². The first-order valence-electron chi connectivity index (χ1n) is 7.26. The molecule has 116 valence electrons. The van der Waals surface area contributed by atoms with Gasteiger partial charge in [-0.05, 0) is 23.0 Å². The van der Waals surface area contributed by atoms with Crippen molar-refractivity contribution in [2.45, 2.75) is 45.4 Å². The van der Waals surface area contributed by atoms with Gasteiger partial charge >= 0.3 is 5.97 Å². The first kappa shape index (κ1) is 17.2. The van der Waals surface area contributed by atoms with Crippen molar-refractivity contribution >= 4 is 11.9 Å². The van der Waals surface area contributed by atoms with Crippen molar-refractivity contribution in [2.75, 3.05) is 13.7 Å². The largest absolute Gasteiger partial charge is 0.469 e. The summed E-state index contributed by atoms with van der Waals surface area (Å²) in [6.07, 6.45) is 1.34. The number of esters is 1. The van der Waals surface area contributed by atoms with Crippen LogP contribution in [0, 0.1) is 0 Å². The topological polar surface area (TPSA) is 55.4 Å². The Hall–Kier alpha value is -1.84. The van der Waals surface area contributed by atoms with E-state index in [0.29, 0.717) is 19.4 Å². The highest BCUT2D eigenvalue weighted by atomic mass is 16.5. The fraction of sp³-hybridized carbons (Fsp3) is 0.529. The first-order chi connectivity index (χ1) is 9.82. The van der Waals surface area contributed by atoms with E-state index in [9.17, 15) is 9.59 Å². The predicted octanol–water partition coefficient (Wildman–Crippen LogP) is 2.60. The fourth-order valence-electron chi connectivity index (χ4n) is 1.92. The second kappa shape index (κ2) is 7.81. The van der Waals surface area contributed by atoms with E-state index in [2.05, 4.69) is 55.1 Å². The highest BCUT2D eigenvalue weighted by Gasteiger charge is 2.13. The third kappa shape index (κ3) is 6.43. The number of rotatable bonds is 6. The maximum atomic E-state index is 11.6. The Morgan fingerprint density at radius 1 is 1.10 bits per heavy atom. The Morgan fingerprint density at radius 2 is 1.71 bits per heavy atom. The third-order valence-electron chi connectivity index (χ3n) is 3.34. The van der Waals surface area contributed by atoms with E-state index >= 15 is 0 Å². The molecule has 0 aliphatic heterocycles. The molecular weight excluding hydrogens is 266 g/mol. The van der Waals surface area contributed by atoms with E-state index in [4.69, 9.17) is 0 Å². The van der Waals surface area contributed by atoms with Crippen LogP contribution in [-0.4, -0.2) is 25.5 Å². The number of carbonyl (C=O) groups excluding carboxylic acids is 2. The van der Waals surface area contributed by atoms with Crippen LogP contribution >= 0.6 is 0 Å². The maximum absolute atomic E-state index is 11.6. The van der Waals surface area contributed by atoms with E-state index in [1.165, 1.54) is 12.7 Å². The van der Waals surface area contributed by atoms with Gasteiger partial charge in [-0.2, -0.15) is 0 Å². The minimum Gasteiger partial charge on any atom is -0.469 e. The van der Waals surface area contributed by atoms with Crippen LogP contribution in [-0.2, 0) is 26.2 Å². The molecular formula is C17H25NO3. The molecule has 0 radical (unpaired) electrons. The van der Waals surface area contributed by atoms with Gasteiger partial charge in [-0.15, -0.1) is 0 Å². The molecule has 0 fully saturated rings. The van der Waals surface area contributed by atoms with Crippen molar-refractivity contribution in [3.05, 3.63) is 35.4 Å². The summed E-state index contributed by atoms with van der Waals surface area (Å²) in [5.74, 6) is -0.355.